The van der Waals surface area contributed by atoms with Gasteiger partial charge in [-0.2, -0.15) is 0 Å². The van der Waals surface area contributed by atoms with Crippen molar-refractivity contribution < 1.29 is 9.13 Å². The third-order valence-corrected chi connectivity index (χ3v) is 6.03. The first-order valence-corrected chi connectivity index (χ1v) is 12.3. The average Bonchev–Trinajstić information content (AvgIpc) is 2.49. The summed E-state index contributed by atoms with van der Waals surface area (Å²) in [5.41, 5.74) is 2.06. The number of ether oxygens (including phenoxy) is 1. The monoisotopic (exact) mass is 411 g/mol. The fraction of sp³-hybridized carbons (Fsp3) is 0.412. The molecule has 0 radical (unpaired) electrons. The molecule has 0 saturated carbocycles. The van der Waals surface area contributed by atoms with Crippen LogP contribution >= 0.6 is 15.9 Å². The summed E-state index contributed by atoms with van der Waals surface area (Å²) in [5, 5.41) is 3.16. The van der Waals surface area contributed by atoms with E-state index >= 15 is 0 Å². The second kappa shape index (κ2) is 7.61. The van der Waals surface area contributed by atoms with Crippen molar-refractivity contribution in [3.63, 3.8) is 0 Å². The van der Waals surface area contributed by atoms with Crippen LogP contribution in [0.5, 0.6) is 5.75 Å². The van der Waals surface area contributed by atoms with Crippen molar-refractivity contribution in [2.45, 2.75) is 39.5 Å². The first-order chi connectivity index (χ1) is 11.2. The van der Waals surface area contributed by atoms with Crippen molar-refractivity contribution in [1.82, 2.24) is 9.97 Å². The van der Waals surface area contributed by atoms with Gasteiger partial charge < -0.3 is 10.1 Å². The summed E-state index contributed by atoms with van der Waals surface area (Å²) in [4.78, 5) is 8.36. The van der Waals surface area contributed by atoms with E-state index in [9.17, 15) is 4.39 Å². The number of hydrogen-bond acceptors (Lipinski definition) is 4. The molecular weight excluding hydrogens is 389 g/mol. The lowest BCUT2D eigenvalue weighted by atomic mass is 10.1. The Bertz CT molecular complexity index is 735. The molecule has 0 bridgehead atoms. The molecule has 0 aliphatic carbocycles. The Morgan fingerprint density at radius 2 is 1.83 bits per heavy atom. The van der Waals surface area contributed by atoms with Gasteiger partial charge in [0, 0.05) is 37.7 Å². The number of halogens is 2. The summed E-state index contributed by atoms with van der Waals surface area (Å²) in [7, 11) is -1.19. The number of aromatic nitrogens is 2. The van der Waals surface area contributed by atoms with Crippen LogP contribution in [0.25, 0.3) is 0 Å². The molecule has 2 rings (SSSR count). The number of nitrogens with one attached hydrogen (secondary N) is 1. The van der Waals surface area contributed by atoms with E-state index in [0.717, 1.165) is 11.6 Å². The number of rotatable bonds is 6. The molecule has 0 fully saturated rings. The topological polar surface area (TPSA) is 47.0 Å². The third kappa shape index (κ3) is 4.77. The first-order valence-electron chi connectivity index (χ1n) is 7.85. The zero-order valence-corrected chi connectivity index (χ0v) is 17.3. The molecule has 0 aliphatic rings. The van der Waals surface area contributed by atoms with Gasteiger partial charge in [0.05, 0.1) is 12.3 Å². The maximum absolute atomic E-state index is 14.3. The van der Waals surface area contributed by atoms with Crippen molar-refractivity contribution in [2.75, 3.05) is 11.9 Å². The van der Waals surface area contributed by atoms with Crippen LogP contribution in [0.3, 0.4) is 0 Å². The summed E-state index contributed by atoms with van der Waals surface area (Å²) in [6.45, 7) is 11.1. The second-order valence-electron chi connectivity index (χ2n) is 6.96. The molecule has 7 heteroatoms. The maximum atomic E-state index is 14.3. The van der Waals surface area contributed by atoms with E-state index < -0.39 is 8.07 Å². The SMILES string of the molecule is Cc1c(F)cc(OCC[Si](C)(C)C)c(C)c1Nc1nccnc1Br. The van der Waals surface area contributed by atoms with Gasteiger partial charge >= 0.3 is 0 Å². The molecule has 0 aliphatic heterocycles. The molecule has 130 valence electrons. The largest absolute Gasteiger partial charge is 0.493 e. The smallest absolute Gasteiger partial charge is 0.163 e. The van der Waals surface area contributed by atoms with Gasteiger partial charge in [-0.3, -0.25) is 0 Å². The van der Waals surface area contributed by atoms with Crippen molar-refractivity contribution in [1.29, 1.82) is 0 Å². The third-order valence-electron chi connectivity index (χ3n) is 3.74. The molecule has 1 N–H and O–H groups in total. The molecule has 0 saturated heterocycles. The number of nitrogens with zero attached hydrogens (tertiary/aromatic N) is 2. The van der Waals surface area contributed by atoms with Gasteiger partial charge in [0.15, 0.2) is 5.82 Å². The van der Waals surface area contributed by atoms with E-state index in [1.807, 2.05) is 6.92 Å². The summed E-state index contributed by atoms with van der Waals surface area (Å²) < 4.78 is 20.8. The predicted molar refractivity (Wildman–Crippen MR) is 103 cm³/mol. The number of benzene rings is 1. The van der Waals surface area contributed by atoms with Gasteiger partial charge in [-0.25, -0.2) is 14.4 Å². The Kier molecular flexibility index (Phi) is 5.98. The van der Waals surface area contributed by atoms with Crippen molar-refractivity contribution in [2.24, 2.45) is 0 Å². The molecule has 0 amide bonds. The fourth-order valence-electron chi connectivity index (χ4n) is 2.18. The van der Waals surface area contributed by atoms with Crippen LogP contribution in [-0.2, 0) is 0 Å². The van der Waals surface area contributed by atoms with Gasteiger partial charge in [0.2, 0.25) is 0 Å². The lowest BCUT2D eigenvalue weighted by Gasteiger charge is -2.20. The molecular formula is C17H23BrFN3OSi. The Morgan fingerprint density at radius 3 is 2.46 bits per heavy atom. The van der Waals surface area contributed by atoms with Crippen LogP contribution in [0, 0.1) is 19.7 Å². The maximum Gasteiger partial charge on any atom is 0.163 e. The standard InChI is InChI=1S/C17H23BrFN3OSi/c1-11-13(19)10-14(23-8-9-24(3,4)5)12(2)15(11)22-17-16(18)20-6-7-21-17/h6-7,10H,8-9H2,1-5H3,(H,21,22). The molecule has 0 spiro atoms. The molecule has 24 heavy (non-hydrogen) atoms. The van der Waals surface area contributed by atoms with Gasteiger partial charge in [-0.05, 0) is 35.8 Å². The molecule has 2 aromatic rings. The zero-order valence-electron chi connectivity index (χ0n) is 14.7. The van der Waals surface area contributed by atoms with Crippen LogP contribution < -0.4 is 10.1 Å². The normalized spacial score (nSPS) is 11.5. The van der Waals surface area contributed by atoms with E-state index in [-0.39, 0.29) is 5.82 Å². The molecule has 1 heterocycles. The van der Waals surface area contributed by atoms with Gasteiger partial charge in [0.25, 0.3) is 0 Å². The summed E-state index contributed by atoms with van der Waals surface area (Å²) in [5.74, 6) is 0.812. The highest BCUT2D eigenvalue weighted by molar-refractivity contribution is 9.10. The Labute approximate surface area is 152 Å². The van der Waals surface area contributed by atoms with Gasteiger partial charge in [0.1, 0.15) is 16.2 Å². The fourth-order valence-corrected chi connectivity index (χ4v) is 3.22. The second-order valence-corrected chi connectivity index (χ2v) is 13.3. The first kappa shape index (κ1) is 18.9. The predicted octanol–water partition coefficient (Wildman–Crippen LogP) is 5.46. The molecule has 0 unspecified atom stereocenters. The minimum absolute atomic E-state index is 0.300. The lowest BCUT2D eigenvalue weighted by molar-refractivity contribution is 0.334. The average molecular weight is 412 g/mol. The summed E-state index contributed by atoms with van der Waals surface area (Å²) in [6.07, 6.45) is 3.17. The van der Waals surface area contributed by atoms with Gasteiger partial charge in [-0.1, -0.05) is 19.6 Å². The Balaban J connectivity index is 2.29. The minimum Gasteiger partial charge on any atom is -0.493 e. The quantitative estimate of drug-likeness (QED) is 0.641. The van der Waals surface area contributed by atoms with E-state index in [4.69, 9.17) is 4.74 Å². The lowest BCUT2D eigenvalue weighted by Crippen LogP contribution is -2.22. The highest BCUT2D eigenvalue weighted by Gasteiger charge is 2.17. The van der Waals surface area contributed by atoms with Crippen LogP contribution in [0.1, 0.15) is 11.1 Å². The Morgan fingerprint density at radius 1 is 1.17 bits per heavy atom. The summed E-state index contributed by atoms with van der Waals surface area (Å²) >= 11 is 3.35. The van der Waals surface area contributed by atoms with Crippen LogP contribution in [0.15, 0.2) is 23.1 Å². The summed E-state index contributed by atoms with van der Waals surface area (Å²) in [6, 6.07) is 2.49. The molecule has 4 nitrogen and oxygen atoms in total. The number of hydrogen-bond donors (Lipinski definition) is 1. The van der Waals surface area contributed by atoms with E-state index in [1.54, 1.807) is 19.3 Å². The number of anilines is 2. The van der Waals surface area contributed by atoms with Crippen LogP contribution in [-0.4, -0.2) is 24.6 Å². The van der Waals surface area contributed by atoms with E-state index in [2.05, 4.69) is 50.9 Å². The Hall–Kier alpha value is -1.47. The highest BCUT2D eigenvalue weighted by atomic mass is 79.9. The minimum atomic E-state index is -1.19. The zero-order chi connectivity index (χ0) is 17.9. The highest BCUT2D eigenvalue weighted by Crippen LogP contribution is 2.34. The molecule has 0 atom stereocenters. The van der Waals surface area contributed by atoms with Crippen LogP contribution in [0.2, 0.25) is 25.7 Å². The van der Waals surface area contributed by atoms with Crippen molar-refractivity contribution >= 4 is 35.5 Å². The molecule has 1 aromatic carbocycles. The van der Waals surface area contributed by atoms with E-state index in [1.165, 1.54) is 6.07 Å². The van der Waals surface area contributed by atoms with Crippen LogP contribution in [0.4, 0.5) is 15.9 Å². The molecule has 1 aromatic heterocycles. The van der Waals surface area contributed by atoms with E-state index in [0.29, 0.717) is 34.0 Å². The van der Waals surface area contributed by atoms with Crippen molar-refractivity contribution in [3.8, 4) is 5.75 Å². The van der Waals surface area contributed by atoms with Gasteiger partial charge in [-0.15, -0.1) is 0 Å². The van der Waals surface area contributed by atoms with Crippen molar-refractivity contribution in [3.05, 3.63) is 40.0 Å².